The molecule has 2 fully saturated rings. The average molecular weight is 395 g/mol. The van der Waals surface area contributed by atoms with Crippen LogP contribution in [-0.2, 0) is 0 Å². The van der Waals surface area contributed by atoms with E-state index in [1.54, 1.807) is 0 Å². The molecule has 1 saturated heterocycles. The van der Waals surface area contributed by atoms with E-state index in [0.29, 0.717) is 18.6 Å². The number of fused-ring (bicyclic) bond motifs is 1. The highest BCUT2D eigenvalue weighted by molar-refractivity contribution is 5.94. The first-order valence-corrected chi connectivity index (χ1v) is 8.78. The molecule has 1 aromatic heterocycles. The first-order valence-electron chi connectivity index (χ1n) is 8.78. The molecular weight excluding hydrogens is 379 g/mol. The highest BCUT2D eigenvalue weighted by atomic mass is 19.2. The molecule has 1 aromatic carbocycles. The van der Waals surface area contributed by atoms with E-state index in [4.69, 9.17) is 5.21 Å². The molecule has 2 aliphatic rings. The van der Waals surface area contributed by atoms with Crippen LogP contribution in [0.4, 0.5) is 18.9 Å². The van der Waals surface area contributed by atoms with Crippen LogP contribution in [0, 0.1) is 17.5 Å². The molecule has 2 aromatic rings. The Hall–Kier alpha value is -3.04. The SMILES string of the molecule is O=C(O)c1cn(C2CC2)c2c(F)c(N3CCC(=NO)CC3)c(F)c(F)c2c1=O. The molecule has 0 spiro atoms. The second-order valence-corrected chi connectivity index (χ2v) is 6.98. The Morgan fingerprint density at radius 1 is 1.11 bits per heavy atom. The van der Waals surface area contributed by atoms with E-state index in [1.807, 2.05) is 0 Å². The fraction of sp³-hybridized carbons (Fsp3) is 0.389. The molecule has 0 amide bonds. The number of piperidine rings is 1. The van der Waals surface area contributed by atoms with Gasteiger partial charge in [0.1, 0.15) is 11.3 Å². The van der Waals surface area contributed by atoms with Crippen LogP contribution in [-0.4, -0.2) is 39.7 Å². The lowest BCUT2D eigenvalue weighted by atomic mass is 10.0. The largest absolute Gasteiger partial charge is 0.477 e. The molecule has 2 N–H and O–H groups in total. The van der Waals surface area contributed by atoms with Gasteiger partial charge < -0.3 is 19.8 Å². The van der Waals surface area contributed by atoms with Crippen molar-refractivity contribution in [1.82, 2.24) is 4.57 Å². The van der Waals surface area contributed by atoms with Gasteiger partial charge in [-0.2, -0.15) is 0 Å². The fourth-order valence-electron chi connectivity index (χ4n) is 3.64. The van der Waals surface area contributed by atoms with Crippen LogP contribution in [0.1, 0.15) is 42.1 Å². The summed E-state index contributed by atoms with van der Waals surface area (Å²) in [5.74, 6) is -5.77. The van der Waals surface area contributed by atoms with Gasteiger partial charge in [0.2, 0.25) is 5.43 Å². The van der Waals surface area contributed by atoms with E-state index < -0.39 is 51.0 Å². The highest BCUT2D eigenvalue weighted by Gasteiger charge is 2.34. The lowest BCUT2D eigenvalue weighted by molar-refractivity contribution is 0.0694. The lowest BCUT2D eigenvalue weighted by Gasteiger charge is -2.30. The van der Waals surface area contributed by atoms with Crippen molar-refractivity contribution < 1.29 is 28.3 Å². The number of aromatic carboxylic acids is 1. The van der Waals surface area contributed by atoms with Crippen LogP contribution in [0.2, 0.25) is 0 Å². The number of carbonyl (C=O) groups is 1. The molecule has 1 aliphatic heterocycles. The number of hydrogen-bond acceptors (Lipinski definition) is 5. The molecule has 0 unspecified atom stereocenters. The van der Waals surface area contributed by atoms with Gasteiger partial charge in [0, 0.05) is 38.2 Å². The number of benzene rings is 1. The minimum Gasteiger partial charge on any atom is -0.477 e. The Bertz CT molecular complexity index is 1080. The standard InChI is InChI=1S/C18H16F3N3O4/c19-12-11-15(24(9-1-2-9)7-10(17(11)25)18(26)27)14(21)16(13(12)20)23-5-3-8(22-28)4-6-23/h7,9,28H,1-6H2,(H,26,27). The van der Waals surface area contributed by atoms with Crippen molar-refractivity contribution in [3.05, 3.63) is 39.4 Å². The number of oxime groups is 1. The van der Waals surface area contributed by atoms with Crippen LogP contribution in [0.3, 0.4) is 0 Å². The van der Waals surface area contributed by atoms with Crippen molar-refractivity contribution >= 4 is 28.3 Å². The zero-order valence-corrected chi connectivity index (χ0v) is 14.6. The highest BCUT2D eigenvalue weighted by Crippen LogP contribution is 2.40. The van der Waals surface area contributed by atoms with Crippen LogP contribution in [0.25, 0.3) is 10.9 Å². The minimum atomic E-state index is -1.59. The van der Waals surface area contributed by atoms with Gasteiger partial charge >= 0.3 is 5.97 Å². The second kappa shape index (κ2) is 6.54. The summed E-state index contributed by atoms with van der Waals surface area (Å²) in [4.78, 5) is 25.1. The van der Waals surface area contributed by atoms with E-state index in [9.17, 15) is 23.5 Å². The van der Waals surface area contributed by atoms with E-state index in [0.717, 1.165) is 6.20 Å². The maximum atomic E-state index is 15.4. The zero-order valence-electron chi connectivity index (χ0n) is 14.6. The molecule has 4 rings (SSSR count). The normalized spacial score (nSPS) is 17.2. The van der Waals surface area contributed by atoms with E-state index in [1.165, 1.54) is 9.47 Å². The van der Waals surface area contributed by atoms with Crippen LogP contribution in [0.5, 0.6) is 0 Å². The maximum Gasteiger partial charge on any atom is 0.341 e. The summed E-state index contributed by atoms with van der Waals surface area (Å²) in [5, 5.41) is 20.3. The van der Waals surface area contributed by atoms with Gasteiger partial charge in [0.15, 0.2) is 17.5 Å². The Balaban J connectivity index is 2.00. The third-order valence-electron chi connectivity index (χ3n) is 5.24. The molecule has 1 saturated carbocycles. The first kappa shape index (κ1) is 18.3. The zero-order chi connectivity index (χ0) is 20.2. The fourth-order valence-corrected chi connectivity index (χ4v) is 3.64. The van der Waals surface area contributed by atoms with Crippen molar-refractivity contribution in [2.75, 3.05) is 18.0 Å². The van der Waals surface area contributed by atoms with Gasteiger partial charge in [-0.25, -0.2) is 18.0 Å². The molecule has 2 heterocycles. The van der Waals surface area contributed by atoms with Gasteiger partial charge in [0.05, 0.1) is 16.6 Å². The van der Waals surface area contributed by atoms with Gasteiger partial charge in [-0.3, -0.25) is 4.79 Å². The molecule has 0 radical (unpaired) electrons. The molecule has 1 aliphatic carbocycles. The Kier molecular flexibility index (Phi) is 4.28. The molecule has 7 nitrogen and oxygen atoms in total. The third-order valence-corrected chi connectivity index (χ3v) is 5.24. The Labute approximate surface area is 156 Å². The smallest absolute Gasteiger partial charge is 0.341 e. The number of halogens is 3. The molecule has 0 bridgehead atoms. The molecule has 148 valence electrons. The molecule has 10 heteroatoms. The summed E-state index contributed by atoms with van der Waals surface area (Å²) in [7, 11) is 0. The summed E-state index contributed by atoms with van der Waals surface area (Å²) in [6, 6.07) is -0.275. The van der Waals surface area contributed by atoms with Gasteiger partial charge in [-0.05, 0) is 12.8 Å². The summed E-state index contributed by atoms with van der Waals surface area (Å²) in [5.41, 5.74) is -2.53. The van der Waals surface area contributed by atoms with Crippen LogP contribution in [0.15, 0.2) is 16.1 Å². The molecule has 0 atom stereocenters. The number of carboxylic acids is 1. The summed E-state index contributed by atoms with van der Waals surface area (Å²) < 4.78 is 46.3. The summed E-state index contributed by atoms with van der Waals surface area (Å²) >= 11 is 0. The number of aromatic nitrogens is 1. The minimum absolute atomic E-state index is 0.110. The number of carboxylic acid groups (broad SMARTS) is 1. The summed E-state index contributed by atoms with van der Waals surface area (Å²) in [6.45, 7) is 0.220. The Morgan fingerprint density at radius 2 is 1.75 bits per heavy atom. The third kappa shape index (κ3) is 2.71. The number of pyridine rings is 1. The summed E-state index contributed by atoms with van der Waals surface area (Å²) in [6.07, 6.45) is 2.74. The van der Waals surface area contributed by atoms with Crippen molar-refractivity contribution in [1.29, 1.82) is 0 Å². The average Bonchev–Trinajstić information content (AvgIpc) is 3.51. The first-order chi connectivity index (χ1) is 13.3. The maximum absolute atomic E-state index is 15.4. The van der Waals surface area contributed by atoms with Crippen molar-refractivity contribution in [3.8, 4) is 0 Å². The van der Waals surface area contributed by atoms with Crippen molar-refractivity contribution in [3.63, 3.8) is 0 Å². The van der Waals surface area contributed by atoms with E-state index in [2.05, 4.69) is 5.16 Å². The predicted molar refractivity (Wildman–Crippen MR) is 94.0 cm³/mol. The van der Waals surface area contributed by atoms with Gasteiger partial charge in [-0.1, -0.05) is 5.16 Å². The van der Waals surface area contributed by atoms with Gasteiger partial charge in [-0.15, -0.1) is 0 Å². The van der Waals surface area contributed by atoms with Gasteiger partial charge in [0.25, 0.3) is 0 Å². The van der Waals surface area contributed by atoms with Crippen molar-refractivity contribution in [2.24, 2.45) is 5.16 Å². The number of rotatable bonds is 3. The van der Waals surface area contributed by atoms with Crippen molar-refractivity contribution in [2.45, 2.75) is 31.7 Å². The quantitative estimate of drug-likeness (QED) is 0.473. The number of hydrogen-bond donors (Lipinski definition) is 2. The lowest BCUT2D eigenvalue weighted by Crippen LogP contribution is -2.35. The van der Waals surface area contributed by atoms with Crippen LogP contribution >= 0.6 is 0 Å². The predicted octanol–water partition coefficient (Wildman–Crippen LogP) is 2.88. The van der Waals surface area contributed by atoms with E-state index >= 15 is 4.39 Å². The second-order valence-electron chi connectivity index (χ2n) is 6.98. The monoisotopic (exact) mass is 395 g/mol. The number of anilines is 1. The molecule has 28 heavy (non-hydrogen) atoms. The Morgan fingerprint density at radius 3 is 2.29 bits per heavy atom. The van der Waals surface area contributed by atoms with Crippen LogP contribution < -0.4 is 10.3 Å². The molecular formula is C18H16F3N3O4. The number of nitrogens with zero attached hydrogens (tertiary/aromatic N) is 3. The topological polar surface area (TPSA) is 95.1 Å². The van der Waals surface area contributed by atoms with E-state index in [-0.39, 0.29) is 32.0 Å².